The molecule has 0 heterocycles. The highest BCUT2D eigenvalue weighted by molar-refractivity contribution is 7.98. The number of carbonyl (C=O) groups excluding carboxylic acids is 8. The van der Waals surface area contributed by atoms with Crippen LogP contribution >= 0.6 is 11.8 Å². The Morgan fingerprint density at radius 3 is 1.50 bits per heavy atom. The largest absolute Gasteiger partial charge is 0.480 e. The van der Waals surface area contributed by atoms with Crippen molar-refractivity contribution in [1.82, 2.24) is 42.5 Å². The van der Waals surface area contributed by atoms with Crippen molar-refractivity contribution >= 4 is 65.0 Å². The van der Waals surface area contributed by atoms with E-state index in [9.17, 15) is 48.3 Å². The average molecular weight is 1010 g/mol. The minimum Gasteiger partial charge on any atom is -0.480 e. The van der Waals surface area contributed by atoms with Crippen LogP contribution in [0.15, 0.2) is 30.3 Å². The van der Waals surface area contributed by atoms with Gasteiger partial charge in [-0.15, -0.1) is 0 Å². The standard InChI is InChI=1S/C49H84N10O10S/c1-12-29(7)39(58-44(63)35(21-17-18-23-50)54-42(61)32(10)52-41(60)31(9)53-43(62)34(51)22-24-70-11)47(66)55-36(26-33-19-15-14-16-20-33)45(64)59-40(30(8)13-2)48(67)57-38(28(5)6)46(65)56-37(49(68)69)25-27(3)4/h14-16,19-20,27-32,34-40H,12-13,17-18,21-26,50-51H2,1-11H3,(H,52,60)(H,53,62)(H,54,61)(H,55,66)(H,56,65)(H,57,67)(H,58,63)(H,59,64)(H,68,69)/t29-,30-,31-,32-,34-,35-,36-,37-,38-,39-,40-/m0/s1. The maximum atomic E-state index is 14.4. The van der Waals surface area contributed by atoms with Crippen LogP contribution in [0.1, 0.15) is 120 Å². The van der Waals surface area contributed by atoms with Crippen LogP contribution in [0.4, 0.5) is 0 Å². The van der Waals surface area contributed by atoms with Gasteiger partial charge < -0.3 is 59.1 Å². The Hall–Kier alpha value is -5.28. The van der Waals surface area contributed by atoms with Crippen LogP contribution in [0, 0.1) is 23.7 Å². The maximum absolute atomic E-state index is 14.4. The third-order valence-corrected chi connectivity index (χ3v) is 12.8. The molecule has 13 N–H and O–H groups in total. The first-order chi connectivity index (χ1) is 32.9. The predicted octanol–water partition coefficient (Wildman–Crippen LogP) is 1.24. The smallest absolute Gasteiger partial charge is 0.326 e. The summed E-state index contributed by atoms with van der Waals surface area (Å²) >= 11 is 1.53. The van der Waals surface area contributed by atoms with Crippen molar-refractivity contribution < 1.29 is 48.3 Å². The highest BCUT2D eigenvalue weighted by atomic mass is 32.2. The van der Waals surface area contributed by atoms with Crippen molar-refractivity contribution in [3.8, 4) is 0 Å². The number of rotatable bonds is 33. The van der Waals surface area contributed by atoms with E-state index in [1.54, 1.807) is 58.0 Å². The van der Waals surface area contributed by atoms with Crippen molar-refractivity contribution in [1.29, 1.82) is 0 Å². The van der Waals surface area contributed by atoms with Gasteiger partial charge in [-0.2, -0.15) is 11.8 Å². The van der Waals surface area contributed by atoms with Gasteiger partial charge in [-0.25, -0.2) is 4.79 Å². The van der Waals surface area contributed by atoms with Gasteiger partial charge >= 0.3 is 5.97 Å². The van der Waals surface area contributed by atoms with Crippen LogP contribution in [-0.2, 0) is 49.6 Å². The molecule has 0 radical (unpaired) electrons. The van der Waals surface area contributed by atoms with E-state index in [1.165, 1.54) is 25.6 Å². The number of carbonyl (C=O) groups is 9. The fraction of sp³-hybridized carbons (Fsp3) is 0.694. The van der Waals surface area contributed by atoms with E-state index >= 15 is 0 Å². The van der Waals surface area contributed by atoms with E-state index in [-0.39, 0.29) is 25.2 Å². The summed E-state index contributed by atoms with van der Waals surface area (Å²) in [5.41, 5.74) is 12.4. The summed E-state index contributed by atoms with van der Waals surface area (Å²) in [4.78, 5) is 121. The first kappa shape index (κ1) is 62.7. The first-order valence-corrected chi connectivity index (χ1v) is 26.0. The van der Waals surface area contributed by atoms with E-state index in [0.29, 0.717) is 50.0 Å². The lowest BCUT2D eigenvalue weighted by Gasteiger charge is -2.31. The summed E-state index contributed by atoms with van der Waals surface area (Å²) < 4.78 is 0. The predicted molar refractivity (Wildman–Crippen MR) is 272 cm³/mol. The van der Waals surface area contributed by atoms with Gasteiger partial charge in [0.15, 0.2) is 0 Å². The van der Waals surface area contributed by atoms with Crippen molar-refractivity contribution in [2.24, 2.45) is 35.1 Å². The molecule has 70 heavy (non-hydrogen) atoms. The van der Waals surface area contributed by atoms with Gasteiger partial charge in [0.05, 0.1) is 6.04 Å². The summed E-state index contributed by atoms with van der Waals surface area (Å²) in [5.74, 6) is -7.31. The minimum absolute atomic E-state index is 0.00756. The number of amides is 8. The Bertz CT molecular complexity index is 1860. The molecule has 1 aromatic carbocycles. The van der Waals surface area contributed by atoms with Crippen molar-refractivity contribution in [3.63, 3.8) is 0 Å². The summed E-state index contributed by atoms with van der Waals surface area (Å²) in [7, 11) is 0. The Kier molecular flexibility index (Phi) is 29.2. The van der Waals surface area contributed by atoms with E-state index in [4.69, 9.17) is 11.5 Å². The molecule has 0 aliphatic carbocycles. The highest BCUT2D eigenvalue weighted by Gasteiger charge is 2.37. The number of carboxylic acids is 1. The van der Waals surface area contributed by atoms with Crippen LogP contribution in [0.2, 0.25) is 0 Å². The third kappa shape index (κ3) is 22.2. The quantitative estimate of drug-likeness (QED) is 0.0443. The van der Waals surface area contributed by atoms with Crippen molar-refractivity contribution in [2.45, 2.75) is 175 Å². The molecule has 0 aliphatic rings. The molecular formula is C49H84N10O10S. The van der Waals surface area contributed by atoms with Gasteiger partial charge in [0.1, 0.15) is 48.3 Å². The molecule has 0 aliphatic heterocycles. The molecular weight excluding hydrogens is 921 g/mol. The van der Waals surface area contributed by atoms with Crippen LogP contribution in [0.25, 0.3) is 0 Å². The second-order valence-electron chi connectivity index (χ2n) is 18.9. The molecule has 1 aromatic rings. The monoisotopic (exact) mass is 1000 g/mol. The molecule has 0 spiro atoms. The molecule has 0 bridgehead atoms. The van der Waals surface area contributed by atoms with Crippen LogP contribution < -0.4 is 54.0 Å². The van der Waals surface area contributed by atoms with Gasteiger partial charge in [0.2, 0.25) is 47.3 Å². The molecule has 0 unspecified atom stereocenters. The van der Waals surface area contributed by atoms with Gasteiger partial charge in [0, 0.05) is 6.42 Å². The molecule has 0 saturated carbocycles. The zero-order chi connectivity index (χ0) is 53.2. The van der Waals surface area contributed by atoms with Crippen molar-refractivity contribution in [2.75, 3.05) is 18.6 Å². The van der Waals surface area contributed by atoms with Crippen LogP contribution in [0.3, 0.4) is 0 Å². The number of unbranched alkanes of at least 4 members (excludes halogenated alkanes) is 1. The number of nitrogens with one attached hydrogen (secondary N) is 8. The highest BCUT2D eigenvalue weighted by Crippen LogP contribution is 2.15. The Balaban J connectivity index is 3.43. The fourth-order valence-corrected chi connectivity index (χ4v) is 7.68. The second kappa shape index (κ2) is 32.6. The molecule has 20 nitrogen and oxygen atoms in total. The molecule has 0 saturated heterocycles. The lowest BCUT2D eigenvalue weighted by atomic mass is 9.94. The molecule has 1 rings (SSSR count). The number of thioether (sulfide) groups is 1. The summed E-state index contributed by atoms with van der Waals surface area (Å²) in [6.07, 6.45) is 4.42. The Labute approximate surface area is 419 Å². The van der Waals surface area contributed by atoms with E-state index in [0.717, 1.165) is 0 Å². The number of nitrogens with two attached hydrogens (primary N) is 2. The SMILES string of the molecule is CC[C@H](C)[C@H](NC(=O)[C@H](CCCCN)NC(=O)[C@H](C)NC(=O)[C@H](C)NC(=O)[C@@H](N)CCSC)C(=O)N[C@@H](Cc1ccccc1)C(=O)N[C@H](C(=O)N[C@H](C(=O)N[C@@H](CC(C)C)C(=O)O)C(C)C)[C@@H](C)CC. The zero-order valence-corrected chi connectivity index (χ0v) is 44.0. The summed E-state index contributed by atoms with van der Waals surface area (Å²) in [6.45, 7) is 17.4. The number of benzene rings is 1. The summed E-state index contributed by atoms with van der Waals surface area (Å²) in [6, 6.07) is -1.23. The van der Waals surface area contributed by atoms with E-state index in [2.05, 4.69) is 42.5 Å². The minimum atomic E-state index is -1.27. The van der Waals surface area contributed by atoms with Gasteiger partial charge in [0.25, 0.3) is 0 Å². The summed E-state index contributed by atoms with van der Waals surface area (Å²) in [5, 5.41) is 31.3. The normalized spacial score (nSPS) is 16.0. The lowest BCUT2D eigenvalue weighted by molar-refractivity contribution is -0.143. The molecule has 0 aromatic heterocycles. The molecule has 396 valence electrons. The maximum Gasteiger partial charge on any atom is 0.326 e. The zero-order valence-electron chi connectivity index (χ0n) is 43.1. The van der Waals surface area contributed by atoms with E-state index in [1.807, 2.05) is 34.0 Å². The number of hydrogen-bond donors (Lipinski definition) is 11. The second-order valence-corrected chi connectivity index (χ2v) is 19.9. The number of hydrogen-bond acceptors (Lipinski definition) is 12. The third-order valence-electron chi connectivity index (χ3n) is 12.1. The molecule has 8 amide bonds. The lowest BCUT2D eigenvalue weighted by Crippen LogP contribution is -2.62. The molecule has 0 fully saturated rings. The van der Waals surface area contributed by atoms with Gasteiger partial charge in [-0.05, 0) is 93.7 Å². The fourth-order valence-electron chi connectivity index (χ4n) is 7.19. The topological polar surface area (TPSA) is 322 Å². The Morgan fingerprint density at radius 2 is 1.01 bits per heavy atom. The molecule has 11 atom stereocenters. The van der Waals surface area contributed by atoms with Crippen LogP contribution in [-0.4, -0.2) is 131 Å². The number of carboxylic acid groups (broad SMARTS) is 1. The first-order valence-electron chi connectivity index (χ1n) is 24.6. The van der Waals surface area contributed by atoms with Crippen LogP contribution in [0.5, 0.6) is 0 Å². The average Bonchev–Trinajstić information content (AvgIpc) is 3.31. The van der Waals surface area contributed by atoms with E-state index < -0.39 is 125 Å². The van der Waals surface area contributed by atoms with Gasteiger partial charge in [-0.3, -0.25) is 38.4 Å². The van der Waals surface area contributed by atoms with Crippen molar-refractivity contribution in [3.05, 3.63) is 35.9 Å². The number of aliphatic carboxylic acids is 1. The Morgan fingerprint density at radius 1 is 0.557 bits per heavy atom. The molecule has 21 heteroatoms. The van der Waals surface area contributed by atoms with Gasteiger partial charge in [-0.1, -0.05) is 98.6 Å².